The number of hydrogen-bond donors (Lipinski definition) is 2. The number of carbonyl (C=O) groups is 1. The predicted octanol–water partition coefficient (Wildman–Crippen LogP) is 1.72. The van der Waals surface area contributed by atoms with E-state index in [1.807, 2.05) is 0 Å². The summed E-state index contributed by atoms with van der Waals surface area (Å²) in [5, 5.41) is 2.60. The number of sulfone groups is 1. The molecule has 0 aromatic heterocycles. The average Bonchev–Trinajstić information content (AvgIpc) is 2.27. The van der Waals surface area contributed by atoms with Crippen LogP contribution in [0.4, 0.5) is 5.69 Å². The monoisotopic (exact) mass is 320 g/mol. The number of rotatable bonds is 4. The molecule has 0 fully saturated rings. The minimum absolute atomic E-state index is 0. The van der Waals surface area contributed by atoms with Gasteiger partial charge in [-0.25, -0.2) is 8.42 Å². The van der Waals surface area contributed by atoms with Gasteiger partial charge in [-0.3, -0.25) is 4.79 Å². The maximum absolute atomic E-state index is 12.1. The highest BCUT2D eigenvalue weighted by atomic mass is 35.5. The highest BCUT2D eigenvalue weighted by Gasteiger charge is 2.28. The zero-order chi connectivity index (χ0) is 14.7. The highest BCUT2D eigenvalue weighted by molar-refractivity contribution is 7.91. The average molecular weight is 321 g/mol. The van der Waals surface area contributed by atoms with Crippen molar-refractivity contribution in [3.05, 3.63) is 29.8 Å². The molecule has 0 aliphatic heterocycles. The Balaban J connectivity index is 0.00000361. The van der Waals surface area contributed by atoms with E-state index in [9.17, 15) is 13.2 Å². The summed E-state index contributed by atoms with van der Waals surface area (Å²) in [5.41, 5.74) is 6.40. The molecule has 0 aliphatic rings. The van der Waals surface area contributed by atoms with Crippen molar-refractivity contribution in [2.75, 3.05) is 11.9 Å². The van der Waals surface area contributed by atoms with Crippen molar-refractivity contribution >= 4 is 33.8 Å². The van der Waals surface area contributed by atoms with E-state index in [1.165, 1.54) is 0 Å². The molecule has 7 heteroatoms. The molecule has 0 spiro atoms. The minimum atomic E-state index is -3.24. The number of halogens is 1. The number of hydrogen-bond acceptors (Lipinski definition) is 4. The lowest BCUT2D eigenvalue weighted by Crippen LogP contribution is -2.29. The van der Waals surface area contributed by atoms with Crippen LogP contribution in [0.1, 0.15) is 26.3 Å². The molecule has 0 unspecified atom stereocenters. The van der Waals surface area contributed by atoms with E-state index >= 15 is 0 Å². The summed E-state index contributed by atoms with van der Waals surface area (Å²) >= 11 is 0. The molecule has 0 aliphatic carbocycles. The lowest BCUT2D eigenvalue weighted by atomic mass is 10.2. The molecular weight excluding hydrogens is 300 g/mol. The molecule has 1 aromatic carbocycles. The first kappa shape index (κ1) is 18.9. The van der Waals surface area contributed by atoms with Crippen molar-refractivity contribution in [1.29, 1.82) is 0 Å². The van der Waals surface area contributed by atoms with Gasteiger partial charge in [0.05, 0.1) is 17.0 Å². The Kier molecular flexibility index (Phi) is 6.67. The van der Waals surface area contributed by atoms with Crippen molar-refractivity contribution < 1.29 is 13.2 Å². The van der Waals surface area contributed by atoms with E-state index in [1.54, 1.807) is 45.0 Å². The van der Waals surface area contributed by atoms with Gasteiger partial charge in [0.15, 0.2) is 9.84 Å². The zero-order valence-corrected chi connectivity index (χ0v) is 13.5. The van der Waals surface area contributed by atoms with Gasteiger partial charge in [0, 0.05) is 5.69 Å². The van der Waals surface area contributed by atoms with Crippen LogP contribution in [0.15, 0.2) is 24.3 Å². The molecule has 5 nitrogen and oxygen atoms in total. The molecule has 1 aromatic rings. The van der Waals surface area contributed by atoms with Gasteiger partial charge in [-0.1, -0.05) is 12.1 Å². The molecular formula is C13H21ClN2O3S. The van der Waals surface area contributed by atoms with E-state index in [0.29, 0.717) is 11.3 Å². The second-order valence-corrected chi connectivity index (χ2v) is 8.07. The minimum Gasteiger partial charge on any atom is -0.325 e. The van der Waals surface area contributed by atoms with Crippen LogP contribution in [0.3, 0.4) is 0 Å². The summed E-state index contributed by atoms with van der Waals surface area (Å²) in [4.78, 5) is 11.2. The first-order chi connectivity index (χ1) is 8.65. The van der Waals surface area contributed by atoms with E-state index in [-0.39, 0.29) is 30.6 Å². The first-order valence-corrected chi connectivity index (χ1v) is 7.62. The van der Waals surface area contributed by atoms with Gasteiger partial charge in [-0.2, -0.15) is 0 Å². The van der Waals surface area contributed by atoms with E-state index in [0.717, 1.165) is 0 Å². The molecule has 0 saturated carbocycles. The quantitative estimate of drug-likeness (QED) is 0.884. The van der Waals surface area contributed by atoms with Gasteiger partial charge in [0.2, 0.25) is 5.91 Å². The predicted molar refractivity (Wildman–Crippen MR) is 83.8 cm³/mol. The Bertz CT molecular complexity index is 565. The maximum Gasteiger partial charge on any atom is 0.238 e. The number of benzene rings is 1. The summed E-state index contributed by atoms with van der Waals surface area (Å²) in [7, 11) is -3.24. The first-order valence-electron chi connectivity index (χ1n) is 5.97. The van der Waals surface area contributed by atoms with Crippen LogP contribution in [0.2, 0.25) is 0 Å². The summed E-state index contributed by atoms with van der Waals surface area (Å²) < 4.78 is 23.4. The van der Waals surface area contributed by atoms with Crippen LogP contribution in [-0.2, 0) is 20.4 Å². The molecule has 1 rings (SSSR count). The van der Waals surface area contributed by atoms with Crippen molar-refractivity contribution in [2.24, 2.45) is 5.73 Å². The fourth-order valence-electron chi connectivity index (χ4n) is 1.39. The zero-order valence-electron chi connectivity index (χ0n) is 11.8. The summed E-state index contributed by atoms with van der Waals surface area (Å²) in [5.74, 6) is -0.362. The molecule has 20 heavy (non-hydrogen) atoms. The topological polar surface area (TPSA) is 89.3 Å². The number of amides is 1. The molecule has 0 bridgehead atoms. The third-order valence-electron chi connectivity index (χ3n) is 2.69. The maximum atomic E-state index is 12.1. The van der Waals surface area contributed by atoms with Crippen molar-refractivity contribution in [2.45, 2.75) is 31.3 Å². The Morgan fingerprint density at radius 2 is 1.90 bits per heavy atom. The van der Waals surface area contributed by atoms with Crippen molar-refractivity contribution in [1.82, 2.24) is 0 Å². The Morgan fingerprint density at radius 1 is 1.30 bits per heavy atom. The molecule has 0 saturated heterocycles. The van der Waals surface area contributed by atoms with Gasteiger partial charge in [-0.15, -0.1) is 12.4 Å². The van der Waals surface area contributed by atoms with Crippen LogP contribution in [-0.4, -0.2) is 25.6 Å². The van der Waals surface area contributed by atoms with Crippen LogP contribution in [0.5, 0.6) is 0 Å². The van der Waals surface area contributed by atoms with Gasteiger partial charge in [0.25, 0.3) is 0 Å². The lowest BCUT2D eigenvalue weighted by molar-refractivity contribution is -0.114. The standard InChI is InChI=1S/C13H20N2O3S.ClH/c1-13(2,3)19(17,18)9-10-5-4-6-11(7-10)15-12(16)8-14;/h4-7H,8-9,14H2,1-3H3,(H,15,16);1H. The summed E-state index contributed by atoms with van der Waals surface area (Å²) in [6, 6.07) is 6.78. The second kappa shape index (κ2) is 7.06. The van der Waals surface area contributed by atoms with E-state index in [4.69, 9.17) is 5.73 Å². The van der Waals surface area contributed by atoms with Gasteiger partial charge in [-0.05, 0) is 38.5 Å². The van der Waals surface area contributed by atoms with Crippen molar-refractivity contribution in [3.8, 4) is 0 Å². The highest BCUT2D eigenvalue weighted by Crippen LogP contribution is 2.22. The fourth-order valence-corrected chi connectivity index (χ4v) is 2.44. The lowest BCUT2D eigenvalue weighted by Gasteiger charge is -2.19. The molecule has 114 valence electrons. The third-order valence-corrected chi connectivity index (χ3v) is 5.27. The van der Waals surface area contributed by atoms with Crippen LogP contribution in [0, 0.1) is 0 Å². The van der Waals surface area contributed by atoms with Gasteiger partial charge < -0.3 is 11.1 Å². The summed E-state index contributed by atoms with van der Waals surface area (Å²) in [6.45, 7) is 4.90. The number of nitrogens with one attached hydrogen (secondary N) is 1. The molecule has 0 radical (unpaired) electrons. The van der Waals surface area contributed by atoms with E-state index < -0.39 is 14.6 Å². The number of nitrogens with two attached hydrogens (primary N) is 1. The normalized spacial score (nSPS) is 11.6. The Labute approximate surface area is 126 Å². The summed E-state index contributed by atoms with van der Waals surface area (Å²) in [6.07, 6.45) is 0. The molecule has 3 N–H and O–H groups in total. The SMILES string of the molecule is CC(C)(C)S(=O)(=O)Cc1cccc(NC(=O)CN)c1.Cl. The van der Waals surface area contributed by atoms with Gasteiger partial charge in [0.1, 0.15) is 0 Å². The fraction of sp³-hybridized carbons (Fsp3) is 0.462. The third kappa shape index (κ3) is 5.11. The molecule has 0 atom stereocenters. The number of carbonyl (C=O) groups excluding carboxylic acids is 1. The van der Waals surface area contributed by atoms with Crippen LogP contribution in [0.25, 0.3) is 0 Å². The Morgan fingerprint density at radius 3 is 2.40 bits per heavy atom. The second-order valence-electron chi connectivity index (χ2n) is 5.32. The van der Waals surface area contributed by atoms with Gasteiger partial charge >= 0.3 is 0 Å². The van der Waals surface area contributed by atoms with E-state index in [2.05, 4.69) is 5.32 Å². The molecule has 1 amide bonds. The smallest absolute Gasteiger partial charge is 0.238 e. The largest absolute Gasteiger partial charge is 0.325 e. The van der Waals surface area contributed by atoms with Crippen molar-refractivity contribution in [3.63, 3.8) is 0 Å². The van der Waals surface area contributed by atoms with Crippen LogP contribution < -0.4 is 11.1 Å². The Hall–Kier alpha value is -1.11. The van der Waals surface area contributed by atoms with Crippen LogP contribution >= 0.6 is 12.4 Å². The molecule has 0 heterocycles. The number of anilines is 1.